The summed E-state index contributed by atoms with van der Waals surface area (Å²) < 4.78 is 5.11. The quantitative estimate of drug-likeness (QED) is 0.823. The minimum atomic E-state index is -0.217. The second-order valence-corrected chi connectivity index (χ2v) is 4.66. The number of rotatable bonds is 5. The molecular formula is C13H18ClNO2. The Bertz CT molecular complexity index is 362. The lowest BCUT2D eigenvalue weighted by molar-refractivity contribution is -0.147. The molecule has 0 unspecified atom stereocenters. The summed E-state index contributed by atoms with van der Waals surface area (Å²) in [5.74, 6) is -0.232. The summed E-state index contributed by atoms with van der Waals surface area (Å²) in [6, 6.07) is 7.38. The second kappa shape index (κ2) is 6.62. The molecule has 17 heavy (non-hydrogen) atoms. The molecule has 4 heteroatoms. The van der Waals surface area contributed by atoms with Crippen molar-refractivity contribution in [2.24, 2.45) is 5.73 Å². The third-order valence-electron chi connectivity index (χ3n) is 2.41. The number of hydrogen-bond donors (Lipinski definition) is 1. The molecule has 3 nitrogen and oxygen atoms in total. The van der Waals surface area contributed by atoms with Crippen molar-refractivity contribution in [2.75, 3.05) is 6.54 Å². The molecule has 0 amide bonds. The Morgan fingerprint density at radius 1 is 1.35 bits per heavy atom. The van der Waals surface area contributed by atoms with Gasteiger partial charge in [-0.15, -0.1) is 0 Å². The Labute approximate surface area is 107 Å². The number of ether oxygens (including phenoxy) is 1. The van der Waals surface area contributed by atoms with Crippen molar-refractivity contribution in [3.8, 4) is 0 Å². The lowest BCUT2D eigenvalue weighted by atomic mass is 9.96. The Hall–Kier alpha value is -1.06. The number of carbonyl (C=O) groups is 1. The summed E-state index contributed by atoms with van der Waals surface area (Å²) in [6.07, 6.45) is 0.210. The van der Waals surface area contributed by atoms with Crippen LogP contribution in [0.15, 0.2) is 24.3 Å². The zero-order valence-electron chi connectivity index (χ0n) is 10.2. The van der Waals surface area contributed by atoms with Crippen LogP contribution in [-0.4, -0.2) is 18.6 Å². The summed E-state index contributed by atoms with van der Waals surface area (Å²) in [5.41, 5.74) is 6.69. The van der Waals surface area contributed by atoms with E-state index in [9.17, 15) is 4.79 Å². The number of nitrogens with two attached hydrogens (primary N) is 1. The molecule has 1 atom stereocenters. The van der Waals surface area contributed by atoms with Crippen LogP contribution < -0.4 is 5.73 Å². The standard InChI is InChI=1S/C13H18ClNO2/c1-9(2)17-13(16)7-11(8-15)10-3-5-12(14)6-4-10/h3-6,9,11H,7-8,15H2,1-2H3/t11-/m0/s1. The average molecular weight is 256 g/mol. The van der Waals surface area contributed by atoms with Crippen LogP contribution in [0.4, 0.5) is 0 Å². The Morgan fingerprint density at radius 3 is 2.41 bits per heavy atom. The lowest BCUT2D eigenvalue weighted by Crippen LogP contribution is -2.20. The van der Waals surface area contributed by atoms with Gasteiger partial charge in [-0.25, -0.2) is 0 Å². The first-order chi connectivity index (χ1) is 8.02. The monoisotopic (exact) mass is 255 g/mol. The van der Waals surface area contributed by atoms with E-state index in [4.69, 9.17) is 22.1 Å². The van der Waals surface area contributed by atoms with Crippen molar-refractivity contribution < 1.29 is 9.53 Å². The van der Waals surface area contributed by atoms with Gasteiger partial charge in [-0.3, -0.25) is 4.79 Å². The van der Waals surface area contributed by atoms with Crippen LogP contribution in [0.1, 0.15) is 31.7 Å². The van der Waals surface area contributed by atoms with Crippen LogP contribution in [0, 0.1) is 0 Å². The fourth-order valence-electron chi connectivity index (χ4n) is 1.58. The summed E-state index contributed by atoms with van der Waals surface area (Å²) in [6.45, 7) is 4.07. The van der Waals surface area contributed by atoms with Gasteiger partial charge in [0.1, 0.15) is 0 Å². The van der Waals surface area contributed by atoms with E-state index in [1.165, 1.54) is 0 Å². The number of carbonyl (C=O) groups excluding carboxylic acids is 1. The topological polar surface area (TPSA) is 52.3 Å². The maximum atomic E-state index is 11.6. The largest absolute Gasteiger partial charge is 0.463 e. The molecule has 0 aliphatic rings. The van der Waals surface area contributed by atoms with Crippen molar-refractivity contribution in [3.63, 3.8) is 0 Å². The third-order valence-corrected chi connectivity index (χ3v) is 2.66. The van der Waals surface area contributed by atoms with Crippen molar-refractivity contribution in [2.45, 2.75) is 32.3 Å². The van der Waals surface area contributed by atoms with Crippen LogP contribution in [0.5, 0.6) is 0 Å². The average Bonchev–Trinajstić information content (AvgIpc) is 2.26. The van der Waals surface area contributed by atoms with Gasteiger partial charge >= 0.3 is 5.97 Å². The van der Waals surface area contributed by atoms with Gasteiger partial charge in [-0.1, -0.05) is 23.7 Å². The van der Waals surface area contributed by atoms with Gasteiger partial charge < -0.3 is 10.5 Å². The fraction of sp³-hybridized carbons (Fsp3) is 0.462. The predicted molar refractivity (Wildman–Crippen MR) is 69.1 cm³/mol. The lowest BCUT2D eigenvalue weighted by Gasteiger charge is -2.15. The predicted octanol–water partition coefficient (Wildman–Crippen LogP) is 2.72. The molecular weight excluding hydrogens is 238 g/mol. The Kier molecular flexibility index (Phi) is 5.45. The van der Waals surface area contributed by atoms with Gasteiger partial charge in [0.2, 0.25) is 0 Å². The number of esters is 1. The van der Waals surface area contributed by atoms with Gasteiger partial charge in [-0.05, 0) is 38.1 Å². The highest BCUT2D eigenvalue weighted by molar-refractivity contribution is 6.30. The van der Waals surface area contributed by atoms with Crippen LogP contribution >= 0.6 is 11.6 Å². The van der Waals surface area contributed by atoms with Crippen molar-refractivity contribution in [1.82, 2.24) is 0 Å². The van der Waals surface area contributed by atoms with E-state index >= 15 is 0 Å². The zero-order valence-corrected chi connectivity index (χ0v) is 10.9. The number of halogens is 1. The molecule has 1 rings (SSSR count). The van der Waals surface area contributed by atoms with E-state index in [0.29, 0.717) is 18.0 Å². The zero-order chi connectivity index (χ0) is 12.8. The van der Waals surface area contributed by atoms with E-state index < -0.39 is 0 Å². The van der Waals surface area contributed by atoms with Crippen molar-refractivity contribution in [3.05, 3.63) is 34.9 Å². The molecule has 0 heterocycles. The molecule has 2 N–H and O–H groups in total. The van der Waals surface area contributed by atoms with Crippen LogP contribution in [0.3, 0.4) is 0 Å². The van der Waals surface area contributed by atoms with Gasteiger partial charge in [-0.2, -0.15) is 0 Å². The first-order valence-electron chi connectivity index (χ1n) is 5.68. The second-order valence-electron chi connectivity index (χ2n) is 4.23. The normalized spacial score (nSPS) is 12.5. The molecule has 0 aromatic heterocycles. The minimum absolute atomic E-state index is 0.0153. The van der Waals surface area contributed by atoms with Gasteiger partial charge in [0.15, 0.2) is 0 Å². The first kappa shape index (κ1) is 14.0. The van der Waals surface area contributed by atoms with Crippen molar-refractivity contribution >= 4 is 17.6 Å². The fourth-order valence-corrected chi connectivity index (χ4v) is 1.71. The summed E-state index contributed by atoms with van der Waals surface area (Å²) in [4.78, 5) is 11.6. The highest BCUT2D eigenvalue weighted by Crippen LogP contribution is 2.21. The Morgan fingerprint density at radius 2 is 1.94 bits per heavy atom. The summed E-state index contributed by atoms with van der Waals surface area (Å²) in [7, 11) is 0. The first-order valence-corrected chi connectivity index (χ1v) is 6.05. The highest BCUT2D eigenvalue weighted by atomic mass is 35.5. The van der Waals surface area contributed by atoms with E-state index in [2.05, 4.69) is 0 Å². The van der Waals surface area contributed by atoms with Gasteiger partial charge in [0, 0.05) is 10.9 Å². The minimum Gasteiger partial charge on any atom is -0.463 e. The van der Waals surface area contributed by atoms with Gasteiger partial charge in [0.25, 0.3) is 0 Å². The molecule has 0 aliphatic heterocycles. The molecule has 0 bridgehead atoms. The molecule has 0 fully saturated rings. The van der Waals surface area contributed by atoms with Crippen LogP contribution in [-0.2, 0) is 9.53 Å². The molecule has 94 valence electrons. The molecule has 1 aromatic rings. The molecule has 0 saturated carbocycles. The molecule has 0 saturated heterocycles. The van der Waals surface area contributed by atoms with E-state index in [-0.39, 0.29) is 18.0 Å². The molecule has 0 aliphatic carbocycles. The number of benzene rings is 1. The third kappa shape index (κ3) is 4.75. The highest BCUT2D eigenvalue weighted by Gasteiger charge is 2.16. The van der Waals surface area contributed by atoms with Crippen molar-refractivity contribution in [1.29, 1.82) is 0 Å². The molecule has 0 radical (unpaired) electrons. The molecule has 0 spiro atoms. The molecule has 1 aromatic carbocycles. The van der Waals surface area contributed by atoms with Gasteiger partial charge in [0.05, 0.1) is 12.5 Å². The van der Waals surface area contributed by atoms with E-state index in [0.717, 1.165) is 5.56 Å². The van der Waals surface area contributed by atoms with E-state index in [1.54, 1.807) is 12.1 Å². The van der Waals surface area contributed by atoms with E-state index in [1.807, 2.05) is 26.0 Å². The SMILES string of the molecule is CC(C)OC(=O)C[C@@H](CN)c1ccc(Cl)cc1. The summed E-state index contributed by atoms with van der Waals surface area (Å²) >= 11 is 5.81. The van der Waals surface area contributed by atoms with Crippen LogP contribution in [0.25, 0.3) is 0 Å². The van der Waals surface area contributed by atoms with Crippen LogP contribution in [0.2, 0.25) is 5.02 Å². The maximum Gasteiger partial charge on any atom is 0.306 e. The maximum absolute atomic E-state index is 11.6. The smallest absolute Gasteiger partial charge is 0.306 e. The number of hydrogen-bond acceptors (Lipinski definition) is 3. The Balaban J connectivity index is 2.65. The summed E-state index contributed by atoms with van der Waals surface area (Å²) in [5, 5.41) is 0.675.